The molecule has 0 aliphatic rings. The third-order valence-corrected chi connectivity index (χ3v) is 2.48. The maximum atomic E-state index is 11.2. The predicted octanol–water partition coefficient (Wildman–Crippen LogP) is 2.89. The monoisotopic (exact) mass is 243 g/mol. The van der Waals surface area contributed by atoms with E-state index in [4.69, 9.17) is 9.84 Å². The van der Waals surface area contributed by atoms with Gasteiger partial charge in [0, 0.05) is 5.39 Å². The number of aromatic nitrogens is 1. The van der Waals surface area contributed by atoms with Crippen molar-refractivity contribution < 1.29 is 14.6 Å². The summed E-state index contributed by atoms with van der Waals surface area (Å²) >= 11 is 0. The van der Waals surface area contributed by atoms with Crippen molar-refractivity contribution in [3.8, 4) is 5.88 Å². The van der Waals surface area contributed by atoms with E-state index in [9.17, 15) is 4.79 Å². The van der Waals surface area contributed by atoms with E-state index in [-0.39, 0.29) is 11.4 Å². The summed E-state index contributed by atoms with van der Waals surface area (Å²) in [5.74, 6) is -0.884. The summed E-state index contributed by atoms with van der Waals surface area (Å²) in [5.41, 5.74) is 0.800. The van der Waals surface area contributed by atoms with Gasteiger partial charge in [0.1, 0.15) is 5.56 Å². The summed E-state index contributed by atoms with van der Waals surface area (Å²) in [6, 6.07) is 8.91. The zero-order valence-corrected chi connectivity index (χ0v) is 9.80. The van der Waals surface area contributed by atoms with Gasteiger partial charge in [-0.2, -0.15) is 0 Å². The molecule has 0 amide bonds. The van der Waals surface area contributed by atoms with Crippen LogP contribution < -0.4 is 4.74 Å². The van der Waals surface area contributed by atoms with Crippen molar-refractivity contribution in [3.05, 3.63) is 48.6 Å². The highest BCUT2D eigenvalue weighted by Crippen LogP contribution is 2.22. The molecular weight excluding hydrogens is 230 g/mol. The Labute approximate surface area is 105 Å². The molecule has 92 valence electrons. The van der Waals surface area contributed by atoms with Gasteiger partial charge in [0.25, 0.3) is 0 Å². The molecule has 4 heteroatoms. The standard InChI is InChI=1S/C14H13NO3/c1-2-3-8-18-13-11(14(16)17)9-10-6-4-5-7-12(10)15-13/h2,4-7,9H,1,3,8H2,(H,16,17). The van der Waals surface area contributed by atoms with Gasteiger partial charge in [-0.1, -0.05) is 24.3 Å². The van der Waals surface area contributed by atoms with Crippen molar-refractivity contribution in [2.75, 3.05) is 6.61 Å². The number of ether oxygens (including phenoxy) is 1. The van der Waals surface area contributed by atoms with Crippen LogP contribution in [0.15, 0.2) is 43.0 Å². The van der Waals surface area contributed by atoms with Crippen molar-refractivity contribution in [1.82, 2.24) is 4.98 Å². The number of hydrogen-bond acceptors (Lipinski definition) is 3. The van der Waals surface area contributed by atoms with Crippen LogP contribution in [0.2, 0.25) is 0 Å². The molecule has 0 aliphatic carbocycles. The molecule has 0 saturated carbocycles. The lowest BCUT2D eigenvalue weighted by molar-refractivity contribution is 0.0691. The number of rotatable bonds is 5. The molecule has 0 spiro atoms. The van der Waals surface area contributed by atoms with Gasteiger partial charge in [0.05, 0.1) is 12.1 Å². The van der Waals surface area contributed by atoms with Crippen LogP contribution in [0.25, 0.3) is 10.9 Å². The molecule has 2 rings (SSSR count). The fraction of sp³-hybridized carbons (Fsp3) is 0.143. The fourth-order valence-corrected chi connectivity index (χ4v) is 1.60. The number of carbonyl (C=O) groups is 1. The normalized spacial score (nSPS) is 10.2. The minimum Gasteiger partial charge on any atom is -0.477 e. The fourth-order valence-electron chi connectivity index (χ4n) is 1.60. The first-order valence-electron chi connectivity index (χ1n) is 5.59. The Bertz CT molecular complexity index is 593. The molecule has 0 bridgehead atoms. The highest BCUT2D eigenvalue weighted by atomic mass is 16.5. The van der Waals surface area contributed by atoms with Crippen molar-refractivity contribution in [2.45, 2.75) is 6.42 Å². The number of hydrogen-bond donors (Lipinski definition) is 1. The van der Waals surface area contributed by atoms with Crippen LogP contribution in [0.4, 0.5) is 0 Å². The van der Waals surface area contributed by atoms with E-state index in [0.29, 0.717) is 13.0 Å². The molecular formula is C14H13NO3. The second-order valence-corrected chi connectivity index (χ2v) is 3.76. The summed E-state index contributed by atoms with van der Waals surface area (Å²) in [6.45, 7) is 3.95. The van der Waals surface area contributed by atoms with E-state index < -0.39 is 5.97 Å². The second-order valence-electron chi connectivity index (χ2n) is 3.76. The molecule has 1 aromatic heterocycles. The van der Waals surface area contributed by atoms with E-state index in [0.717, 1.165) is 10.9 Å². The minimum atomic E-state index is -1.04. The van der Waals surface area contributed by atoms with Gasteiger partial charge >= 0.3 is 5.97 Å². The Morgan fingerprint density at radius 1 is 1.44 bits per heavy atom. The molecule has 0 unspecified atom stereocenters. The SMILES string of the molecule is C=CCCOc1nc2ccccc2cc1C(=O)O. The second kappa shape index (κ2) is 5.31. The third-order valence-electron chi connectivity index (χ3n) is 2.48. The van der Waals surface area contributed by atoms with E-state index in [2.05, 4.69) is 11.6 Å². The van der Waals surface area contributed by atoms with Gasteiger partial charge in [-0.05, 0) is 18.6 Å². The first-order chi connectivity index (χ1) is 8.72. The summed E-state index contributed by atoms with van der Waals surface area (Å²) in [7, 11) is 0. The lowest BCUT2D eigenvalue weighted by Crippen LogP contribution is -2.06. The van der Waals surface area contributed by atoms with Crippen molar-refractivity contribution in [2.24, 2.45) is 0 Å². The molecule has 2 aromatic rings. The van der Waals surface area contributed by atoms with Gasteiger partial charge in [-0.25, -0.2) is 9.78 Å². The van der Waals surface area contributed by atoms with Crippen LogP contribution in [-0.4, -0.2) is 22.7 Å². The predicted molar refractivity (Wildman–Crippen MR) is 69.0 cm³/mol. The van der Waals surface area contributed by atoms with Gasteiger partial charge < -0.3 is 9.84 Å². The molecule has 0 saturated heterocycles. The van der Waals surface area contributed by atoms with Crippen LogP contribution in [0, 0.1) is 0 Å². The van der Waals surface area contributed by atoms with Gasteiger partial charge in [0.15, 0.2) is 0 Å². The minimum absolute atomic E-state index is 0.0813. The van der Waals surface area contributed by atoms with Crippen LogP contribution in [0.5, 0.6) is 5.88 Å². The zero-order valence-electron chi connectivity index (χ0n) is 9.80. The number of nitrogens with zero attached hydrogens (tertiary/aromatic N) is 1. The van der Waals surface area contributed by atoms with Gasteiger partial charge in [0.2, 0.25) is 5.88 Å². The highest BCUT2D eigenvalue weighted by molar-refractivity contribution is 5.95. The van der Waals surface area contributed by atoms with E-state index in [1.807, 2.05) is 24.3 Å². The van der Waals surface area contributed by atoms with Crippen molar-refractivity contribution in [3.63, 3.8) is 0 Å². The number of carboxylic acids is 1. The van der Waals surface area contributed by atoms with E-state index in [1.54, 1.807) is 12.1 Å². The number of fused-ring (bicyclic) bond motifs is 1. The maximum Gasteiger partial charge on any atom is 0.341 e. The molecule has 1 heterocycles. The summed E-state index contributed by atoms with van der Waals surface area (Å²) in [6.07, 6.45) is 2.36. The average molecular weight is 243 g/mol. The van der Waals surface area contributed by atoms with Gasteiger partial charge in [-0.3, -0.25) is 0 Å². The lowest BCUT2D eigenvalue weighted by Gasteiger charge is -2.08. The number of para-hydroxylation sites is 1. The molecule has 0 atom stereocenters. The Hall–Kier alpha value is -2.36. The largest absolute Gasteiger partial charge is 0.477 e. The van der Waals surface area contributed by atoms with Gasteiger partial charge in [-0.15, -0.1) is 6.58 Å². The average Bonchev–Trinajstić information content (AvgIpc) is 2.38. The van der Waals surface area contributed by atoms with Crippen LogP contribution >= 0.6 is 0 Å². The quantitative estimate of drug-likeness (QED) is 0.648. The zero-order chi connectivity index (χ0) is 13.0. The first-order valence-corrected chi connectivity index (χ1v) is 5.59. The van der Waals surface area contributed by atoms with Crippen LogP contribution in [0.3, 0.4) is 0 Å². The molecule has 0 fully saturated rings. The van der Waals surface area contributed by atoms with Crippen molar-refractivity contribution in [1.29, 1.82) is 0 Å². The summed E-state index contributed by atoms with van der Waals surface area (Å²) in [5, 5.41) is 9.92. The van der Waals surface area contributed by atoms with Crippen LogP contribution in [-0.2, 0) is 0 Å². The Balaban J connectivity index is 2.44. The Morgan fingerprint density at radius 2 is 2.22 bits per heavy atom. The Morgan fingerprint density at radius 3 is 2.94 bits per heavy atom. The highest BCUT2D eigenvalue weighted by Gasteiger charge is 2.14. The maximum absolute atomic E-state index is 11.2. The molecule has 4 nitrogen and oxygen atoms in total. The molecule has 1 N–H and O–H groups in total. The molecule has 0 aliphatic heterocycles. The number of benzene rings is 1. The molecule has 1 aromatic carbocycles. The Kier molecular flexibility index (Phi) is 3.57. The third kappa shape index (κ3) is 2.48. The van der Waals surface area contributed by atoms with E-state index >= 15 is 0 Å². The smallest absolute Gasteiger partial charge is 0.341 e. The molecule has 0 radical (unpaired) electrons. The van der Waals surface area contributed by atoms with Crippen LogP contribution in [0.1, 0.15) is 16.8 Å². The number of aromatic carboxylic acids is 1. The lowest BCUT2D eigenvalue weighted by atomic mass is 10.1. The summed E-state index contributed by atoms with van der Waals surface area (Å²) < 4.78 is 5.38. The van der Waals surface area contributed by atoms with Crippen molar-refractivity contribution >= 4 is 16.9 Å². The molecule has 18 heavy (non-hydrogen) atoms. The number of carboxylic acid groups (broad SMARTS) is 1. The summed E-state index contributed by atoms with van der Waals surface area (Å²) in [4.78, 5) is 15.4. The first kappa shape index (κ1) is 12.1. The topological polar surface area (TPSA) is 59.4 Å². The van der Waals surface area contributed by atoms with E-state index in [1.165, 1.54) is 0 Å². The number of pyridine rings is 1.